The number of ether oxygens (including phenoxy) is 3. The highest BCUT2D eigenvalue weighted by atomic mass is 16.6. The Labute approximate surface area is 97.8 Å². The van der Waals surface area contributed by atoms with Crippen molar-refractivity contribution in [3.05, 3.63) is 12.2 Å². The minimum absolute atomic E-state index is 0.150. The van der Waals surface area contributed by atoms with E-state index in [4.69, 9.17) is 14.2 Å². The Morgan fingerprint density at radius 2 is 1.69 bits per heavy atom. The van der Waals surface area contributed by atoms with Gasteiger partial charge in [-0.1, -0.05) is 12.2 Å². The van der Waals surface area contributed by atoms with Gasteiger partial charge in [-0.3, -0.25) is 0 Å². The van der Waals surface area contributed by atoms with Crippen molar-refractivity contribution in [1.82, 2.24) is 0 Å². The van der Waals surface area contributed by atoms with Crippen LogP contribution in [0.15, 0.2) is 12.2 Å². The van der Waals surface area contributed by atoms with Crippen molar-refractivity contribution in [2.75, 3.05) is 26.4 Å². The molecule has 0 aromatic rings. The van der Waals surface area contributed by atoms with E-state index in [9.17, 15) is 0 Å². The highest BCUT2D eigenvalue weighted by Gasteiger charge is 2.26. The van der Waals surface area contributed by atoms with Crippen molar-refractivity contribution in [3.8, 4) is 0 Å². The van der Waals surface area contributed by atoms with E-state index in [-0.39, 0.29) is 12.2 Å². The first-order valence-corrected chi connectivity index (χ1v) is 6.43. The van der Waals surface area contributed by atoms with Crippen molar-refractivity contribution >= 4 is 0 Å². The molecule has 2 aliphatic rings. The summed E-state index contributed by atoms with van der Waals surface area (Å²) < 4.78 is 17.2. The highest BCUT2D eigenvalue weighted by Crippen LogP contribution is 2.18. The van der Waals surface area contributed by atoms with Crippen molar-refractivity contribution in [2.24, 2.45) is 0 Å². The fraction of sp³-hybridized carbons (Fsp3) is 0.846. The SMILES string of the molecule is C1=C/CCO[C@H]2CCCO[C@@H]2COCCC/1. The Morgan fingerprint density at radius 1 is 0.812 bits per heavy atom. The molecule has 0 N–H and O–H groups in total. The molecule has 3 nitrogen and oxygen atoms in total. The van der Waals surface area contributed by atoms with Gasteiger partial charge >= 0.3 is 0 Å². The Hall–Kier alpha value is -0.380. The summed E-state index contributed by atoms with van der Waals surface area (Å²) in [5, 5.41) is 0. The van der Waals surface area contributed by atoms with Crippen LogP contribution in [0.2, 0.25) is 0 Å². The Bertz CT molecular complexity index is 215. The van der Waals surface area contributed by atoms with E-state index in [0.717, 1.165) is 51.9 Å². The summed E-state index contributed by atoms with van der Waals surface area (Å²) in [4.78, 5) is 0. The van der Waals surface area contributed by atoms with E-state index in [2.05, 4.69) is 12.2 Å². The molecule has 0 unspecified atom stereocenters. The van der Waals surface area contributed by atoms with Gasteiger partial charge in [0, 0.05) is 13.2 Å². The quantitative estimate of drug-likeness (QED) is 0.593. The Morgan fingerprint density at radius 3 is 2.69 bits per heavy atom. The first kappa shape index (κ1) is 12.1. The van der Waals surface area contributed by atoms with Gasteiger partial charge in [0.15, 0.2) is 0 Å². The lowest BCUT2D eigenvalue weighted by Crippen LogP contribution is -2.39. The first-order valence-electron chi connectivity index (χ1n) is 6.43. The molecule has 2 rings (SSSR count). The molecule has 2 aliphatic heterocycles. The molecule has 2 atom stereocenters. The Kier molecular flexibility index (Phi) is 5.32. The predicted octanol–water partition coefficient (Wildman–Crippen LogP) is 2.31. The lowest BCUT2D eigenvalue weighted by Gasteiger charge is -2.31. The minimum atomic E-state index is 0.150. The smallest absolute Gasteiger partial charge is 0.107 e. The monoisotopic (exact) mass is 226 g/mol. The summed E-state index contributed by atoms with van der Waals surface area (Å²) in [5.74, 6) is 0. The maximum absolute atomic E-state index is 5.86. The lowest BCUT2D eigenvalue weighted by atomic mass is 10.1. The van der Waals surface area contributed by atoms with Crippen LogP contribution in [0.4, 0.5) is 0 Å². The second kappa shape index (κ2) is 7.05. The predicted molar refractivity (Wildman–Crippen MR) is 62.5 cm³/mol. The summed E-state index contributed by atoms with van der Waals surface area (Å²) in [6, 6.07) is 0. The zero-order chi connectivity index (χ0) is 11.1. The van der Waals surface area contributed by atoms with Crippen molar-refractivity contribution in [3.63, 3.8) is 0 Å². The second-order valence-electron chi connectivity index (χ2n) is 4.44. The van der Waals surface area contributed by atoms with Crippen LogP contribution in [0.25, 0.3) is 0 Å². The fourth-order valence-corrected chi connectivity index (χ4v) is 2.18. The van der Waals surface area contributed by atoms with Gasteiger partial charge in [-0.2, -0.15) is 0 Å². The summed E-state index contributed by atoms with van der Waals surface area (Å²) >= 11 is 0. The van der Waals surface area contributed by atoms with E-state index in [1.165, 1.54) is 0 Å². The van der Waals surface area contributed by atoms with Gasteiger partial charge in [0.1, 0.15) is 6.10 Å². The largest absolute Gasteiger partial charge is 0.379 e. The zero-order valence-electron chi connectivity index (χ0n) is 9.90. The molecule has 92 valence electrons. The standard InChI is InChI=1S/C13H22O3/c1-2-4-8-14-11-13-12(7-6-10-16-13)15-9-5-3-1/h1,3,12-13H,2,4-11H2/b3-1+/t12-,13+/m0/s1. The molecule has 2 heterocycles. The molecule has 0 aliphatic carbocycles. The third-order valence-electron chi connectivity index (χ3n) is 3.10. The minimum Gasteiger partial charge on any atom is -0.379 e. The molecule has 16 heavy (non-hydrogen) atoms. The topological polar surface area (TPSA) is 27.7 Å². The molecule has 1 saturated heterocycles. The number of hydrogen-bond donors (Lipinski definition) is 0. The lowest BCUT2D eigenvalue weighted by molar-refractivity contribution is -0.130. The summed E-state index contributed by atoms with van der Waals surface area (Å²) in [6.07, 6.45) is 10.3. The molecule has 0 aromatic heterocycles. The summed E-state index contributed by atoms with van der Waals surface area (Å²) in [6.45, 7) is 3.18. The van der Waals surface area contributed by atoms with Crippen LogP contribution < -0.4 is 0 Å². The van der Waals surface area contributed by atoms with Crippen LogP contribution in [0, 0.1) is 0 Å². The summed E-state index contributed by atoms with van der Waals surface area (Å²) in [5.41, 5.74) is 0. The van der Waals surface area contributed by atoms with Crippen LogP contribution in [0.5, 0.6) is 0 Å². The van der Waals surface area contributed by atoms with E-state index in [0.29, 0.717) is 6.61 Å². The van der Waals surface area contributed by atoms with E-state index in [1.54, 1.807) is 0 Å². The average Bonchev–Trinajstić information content (AvgIpc) is 2.30. The first-order chi connectivity index (χ1) is 7.97. The molecule has 0 aromatic carbocycles. The van der Waals surface area contributed by atoms with Gasteiger partial charge in [0.2, 0.25) is 0 Å². The molecular weight excluding hydrogens is 204 g/mol. The van der Waals surface area contributed by atoms with Crippen LogP contribution in [-0.4, -0.2) is 38.6 Å². The molecule has 3 heteroatoms. The van der Waals surface area contributed by atoms with Gasteiger partial charge in [-0.05, 0) is 32.1 Å². The Balaban J connectivity index is 1.84. The van der Waals surface area contributed by atoms with Gasteiger partial charge < -0.3 is 14.2 Å². The number of fused-ring (bicyclic) bond motifs is 1. The average molecular weight is 226 g/mol. The fourth-order valence-electron chi connectivity index (χ4n) is 2.18. The molecule has 0 saturated carbocycles. The number of hydrogen-bond acceptors (Lipinski definition) is 3. The van der Waals surface area contributed by atoms with Crippen molar-refractivity contribution in [1.29, 1.82) is 0 Å². The molecule has 0 radical (unpaired) electrons. The molecule has 0 bridgehead atoms. The normalized spacial score (nSPS) is 35.5. The van der Waals surface area contributed by atoms with Crippen molar-refractivity contribution < 1.29 is 14.2 Å². The highest BCUT2D eigenvalue weighted by molar-refractivity contribution is 4.82. The van der Waals surface area contributed by atoms with Gasteiger partial charge in [-0.25, -0.2) is 0 Å². The summed E-state index contributed by atoms with van der Waals surface area (Å²) in [7, 11) is 0. The van der Waals surface area contributed by atoms with Crippen molar-refractivity contribution in [2.45, 2.75) is 44.3 Å². The molecular formula is C13H22O3. The van der Waals surface area contributed by atoms with Crippen LogP contribution in [0.3, 0.4) is 0 Å². The van der Waals surface area contributed by atoms with Crippen LogP contribution in [0.1, 0.15) is 32.1 Å². The third kappa shape index (κ3) is 3.89. The zero-order valence-corrected chi connectivity index (χ0v) is 9.90. The molecule has 0 spiro atoms. The van der Waals surface area contributed by atoms with E-state index < -0.39 is 0 Å². The number of rotatable bonds is 0. The van der Waals surface area contributed by atoms with E-state index >= 15 is 0 Å². The second-order valence-corrected chi connectivity index (χ2v) is 4.44. The van der Waals surface area contributed by atoms with E-state index in [1.807, 2.05) is 0 Å². The van der Waals surface area contributed by atoms with Gasteiger partial charge in [0.25, 0.3) is 0 Å². The van der Waals surface area contributed by atoms with Crippen LogP contribution >= 0.6 is 0 Å². The van der Waals surface area contributed by atoms with Crippen LogP contribution in [-0.2, 0) is 14.2 Å². The maximum atomic E-state index is 5.86. The van der Waals surface area contributed by atoms with Gasteiger partial charge in [0.05, 0.1) is 19.3 Å². The van der Waals surface area contributed by atoms with Gasteiger partial charge in [-0.15, -0.1) is 0 Å². The third-order valence-corrected chi connectivity index (χ3v) is 3.10. The maximum Gasteiger partial charge on any atom is 0.107 e. The number of allylic oxidation sites excluding steroid dienone is 1. The molecule has 0 amide bonds. The molecule has 1 fully saturated rings.